The molecule has 0 aromatic heterocycles. The third-order valence-corrected chi connectivity index (χ3v) is 2.93. The van der Waals surface area contributed by atoms with Crippen LogP contribution in [0.4, 0.5) is 14.9 Å². The highest BCUT2D eigenvalue weighted by atomic mass is 19.1. The summed E-state index contributed by atoms with van der Waals surface area (Å²) in [4.78, 5) is 13.5. The van der Waals surface area contributed by atoms with Crippen LogP contribution in [-0.4, -0.2) is 35.2 Å². The summed E-state index contributed by atoms with van der Waals surface area (Å²) in [6, 6.07) is 5.38. The molecule has 0 atom stereocenters. The summed E-state index contributed by atoms with van der Waals surface area (Å²) in [6.45, 7) is 0.166. The molecular formula is C13H14FN3O2. The number of benzene rings is 1. The van der Waals surface area contributed by atoms with Gasteiger partial charge in [-0.1, -0.05) is 0 Å². The third kappa shape index (κ3) is 3.20. The zero-order valence-electron chi connectivity index (χ0n) is 10.3. The Hall–Kier alpha value is -2.13. The number of halogens is 1. The lowest BCUT2D eigenvalue weighted by molar-refractivity contribution is 0.185. The lowest BCUT2D eigenvalue weighted by atomic mass is 10.2. The molecule has 0 heterocycles. The number of nitriles is 1. The number of aliphatic hydroxyl groups is 1. The Morgan fingerprint density at radius 1 is 1.58 bits per heavy atom. The molecule has 1 aliphatic rings. The van der Waals surface area contributed by atoms with Gasteiger partial charge >= 0.3 is 6.03 Å². The standard InChI is InChI=1S/C13H14FN3O2/c14-12-4-1-10(7-9(12)8-15)16-13(19)17(5-6-18)11-2-3-11/h1,4,7,11,18H,2-3,5-6H2,(H,16,19). The molecule has 1 aliphatic carbocycles. The minimum absolute atomic E-state index is 0.100. The van der Waals surface area contributed by atoms with Crippen LogP contribution in [0, 0.1) is 17.1 Å². The lowest BCUT2D eigenvalue weighted by Crippen LogP contribution is -2.38. The van der Waals surface area contributed by atoms with Crippen LogP contribution in [-0.2, 0) is 0 Å². The third-order valence-electron chi connectivity index (χ3n) is 2.93. The molecule has 0 aliphatic heterocycles. The van der Waals surface area contributed by atoms with Crippen LogP contribution in [0.1, 0.15) is 18.4 Å². The SMILES string of the molecule is N#Cc1cc(NC(=O)N(CCO)C2CC2)ccc1F. The molecule has 0 unspecified atom stereocenters. The molecule has 0 bridgehead atoms. The predicted molar refractivity (Wildman–Crippen MR) is 66.9 cm³/mol. The van der Waals surface area contributed by atoms with Gasteiger partial charge in [0, 0.05) is 18.3 Å². The van der Waals surface area contributed by atoms with E-state index in [2.05, 4.69) is 5.32 Å². The molecule has 100 valence electrons. The van der Waals surface area contributed by atoms with E-state index in [1.807, 2.05) is 0 Å². The number of carbonyl (C=O) groups is 1. The van der Waals surface area contributed by atoms with Gasteiger partial charge in [-0.2, -0.15) is 5.26 Å². The Labute approximate surface area is 110 Å². The van der Waals surface area contributed by atoms with Crippen LogP contribution >= 0.6 is 0 Å². The van der Waals surface area contributed by atoms with Crippen molar-refractivity contribution in [2.45, 2.75) is 18.9 Å². The summed E-state index contributed by atoms with van der Waals surface area (Å²) >= 11 is 0. The average molecular weight is 263 g/mol. The topological polar surface area (TPSA) is 76.4 Å². The van der Waals surface area contributed by atoms with Gasteiger partial charge in [-0.25, -0.2) is 9.18 Å². The molecule has 2 amide bonds. The van der Waals surface area contributed by atoms with E-state index in [0.717, 1.165) is 18.9 Å². The second kappa shape index (κ2) is 5.67. The van der Waals surface area contributed by atoms with E-state index in [-0.39, 0.29) is 30.8 Å². The van der Waals surface area contributed by atoms with Crippen molar-refractivity contribution in [1.29, 1.82) is 5.26 Å². The number of hydrogen-bond donors (Lipinski definition) is 2. The van der Waals surface area contributed by atoms with Gasteiger partial charge in [0.05, 0.1) is 12.2 Å². The predicted octanol–water partition coefficient (Wildman–Crippen LogP) is 1.69. The van der Waals surface area contributed by atoms with E-state index < -0.39 is 5.82 Å². The molecule has 6 heteroatoms. The van der Waals surface area contributed by atoms with Crippen LogP contribution < -0.4 is 5.32 Å². The highest BCUT2D eigenvalue weighted by molar-refractivity contribution is 5.90. The quantitative estimate of drug-likeness (QED) is 0.867. The van der Waals surface area contributed by atoms with Crippen molar-refractivity contribution in [3.8, 4) is 6.07 Å². The largest absolute Gasteiger partial charge is 0.395 e. The number of nitrogens with one attached hydrogen (secondary N) is 1. The molecule has 2 rings (SSSR count). The van der Waals surface area contributed by atoms with Gasteiger partial charge in [-0.3, -0.25) is 0 Å². The van der Waals surface area contributed by atoms with Crippen LogP contribution in [0.15, 0.2) is 18.2 Å². The summed E-state index contributed by atoms with van der Waals surface area (Å²) in [5, 5.41) is 20.3. The van der Waals surface area contributed by atoms with Gasteiger partial charge < -0.3 is 15.3 Å². The van der Waals surface area contributed by atoms with E-state index in [1.54, 1.807) is 11.0 Å². The summed E-state index contributed by atoms with van der Waals surface area (Å²) in [6.07, 6.45) is 1.86. The van der Waals surface area contributed by atoms with Crippen molar-refractivity contribution in [2.75, 3.05) is 18.5 Å². The molecule has 1 saturated carbocycles. The average Bonchev–Trinajstić information content (AvgIpc) is 3.22. The summed E-state index contributed by atoms with van der Waals surface area (Å²) < 4.78 is 13.1. The Balaban J connectivity index is 2.07. The van der Waals surface area contributed by atoms with Gasteiger partial charge in [0.1, 0.15) is 11.9 Å². The number of hydrogen-bond acceptors (Lipinski definition) is 3. The highest BCUT2D eigenvalue weighted by Crippen LogP contribution is 2.27. The molecular weight excluding hydrogens is 249 g/mol. The Morgan fingerprint density at radius 2 is 2.32 bits per heavy atom. The number of anilines is 1. The van der Waals surface area contributed by atoms with E-state index in [4.69, 9.17) is 10.4 Å². The van der Waals surface area contributed by atoms with Crippen LogP contribution in [0.3, 0.4) is 0 Å². The first kappa shape index (κ1) is 13.3. The van der Waals surface area contributed by atoms with Gasteiger partial charge in [0.15, 0.2) is 0 Å². The van der Waals surface area contributed by atoms with Crippen LogP contribution in [0.25, 0.3) is 0 Å². The van der Waals surface area contributed by atoms with Crippen molar-refractivity contribution in [2.24, 2.45) is 0 Å². The fourth-order valence-corrected chi connectivity index (χ4v) is 1.83. The number of carbonyl (C=O) groups excluding carboxylic acids is 1. The van der Waals surface area contributed by atoms with E-state index in [9.17, 15) is 9.18 Å². The van der Waals surface area contributed by atoms with Crippen molar-refractivity contribution < 1.29 is 14.3 Å². The normalized spacial score (nSPS) is 13.7. The van der Waals surface area contributed by atoms with E-state index in [0.29, 0.717) is 5.69 Å². The summed E-state index contributed by atoms with van der Waals surface area (Å²) in [5.74, 6) is -0.616. The molecule has 19 heavy (non-hydrogen) atoms. The molecule has 5 nitrogen and oxygen atoms in total. The minimum Gasteiger partial charge on any atom is -0.395 e. The molecule has 1 aromatic carbocycles. The first-order valence-corrected chi connectivity index (χ1v) is 6.04. The molecule has 0 radical (unpaired) electrons. The van der Waals surface area contributed by atoms with Crippen molar-refractivity contribution in [3.63, 3.8) is 0 Å². The van der Waals surface area contributed by atoms with Crippen LogP contribution in [0.5, 0.6) is 0 Å². The first-order valence-electron chi connectivity index (χ1n) is 6.04. The smallest absolute Gasteiger partial charge is 0.322 e. The zero-order valence-corrected chi connectivity index (χ0v) is 10.3. The lowest BCUT2D eigenvalue weighted by Gasteiger charge is -2.21. The fourth-order valence-electron chi connectivity index (χ4n) is 1.83. The monoisotopic (exact) mass is 263 g/mol. The summed E-state index contributed by atoms with van der Waals surface area (Å²) in [7, 11) is 0. The maximum Gasteiger partial charge on any atom is 0.322 e. The minimum atomic E-state index is -0.616. The first-order chi connectivity index (χ1) is 9.15. The fraction of sp³-hybridized carbons (Fsp3) is 0.385. The van der Waals surface area contributed by atoms with Gasteiger partial charge in [-0.15, -0.1) is 0 Å². The number of amides is 2. The van der Waals surface area contributed by atoms with Crippen molar-refractivity contribution in [1.82, 2.24) is 4.90 Å². The number of rotatable bonds is 4. The molecule has 1 fully saturated rings. The maximum atomic E-state index is 13.1. The highest BCUT2D eigenvalue weighted by Gasteiger charge is 2.32. The van der Waals surface area contributed by atoms with Crippen LogP contribution in [0.2, 0.25) is 0 Å². The van der Waals surface area contributed by atoms with Crippen molar-refractivity contribution >= 4 is 11.7 Å². The number of nitrogens with zero attached hydrogens (tertiary/aromatic N) is 2. The molecule has 0 spiro atoms. The van der Waals surface area contributed by atoms with Gasteiger partial charge in [0.2, 0.25) is 0 Å². The number of aliphatic hydroxyl groups excluding tert-OH is 1. The van der Waals surface area contributed by atoms with E-state index in [1.165, 1.54) is 12.1 Å². The maximum absolute atomic E-state index is 13.1. The zero-order chi connectivity index (χ0) is 13.8. The second-order valence-corrected chi connectivity index (χ2v) is 4.38. The van der Waals surface area contributed by atoms with E-state index >= 15 is 0 Å². The Bertz CT molecular complexity index is 523. The van der Waals surface area contributed by atoms with Crippen molar-refractivity contribution in [3.05, 3.63) is 29.6 Å². The summed E-state index contributed by atoms with van der Waals surface area (Å²) in [5.41, 5.74) is 0.254. The molecule has 1 aromatic rings. The Morgan fingerprint density at radius 3 is 2.89 bits per heavy atom. The molecule has 2 N–H and O–H groups in total. The van der Waals surface area contributed by atoms with Gasteiger partial charge in [0.25, 0.3) is 0 Å². The second-order valence-electron chi connectivity index (χ2n) is 4.38. The Kier molecular flexibility index (Phi) is 3.97. The molecule has 0 saturated heterocycles. The number of urea groups is 1. The van der Waals surface area contributed by atoms with Gasteiger partial charge in [-0.05, 0) is 31.0 Å².